The zero-order valence-corrected chi connectivity index (χ0v) is 22.9. The molecule has 2 saturated heterocycles. The average molecular weight is 571 g/mol. The van der Waals surface area contributed by atoms with Crippen molar-refractivity contribution < 1.29 is 33.6 Å². The zero-order valence-electron chi connectivity index (χ0n) is 22.9. The number of carbonyl (C=O) groups is 7. The molecule has 2 aromatic rings. The van der Waals surface area contributed by atoms with Crippen LogP contribution in [0, 0.1) is 0 Å². The molecule has 11 nitrogen and oxygen atoms in total. The number of likely N-dealkylation sites (tertiary alicyclic amines) is 2. The van der Waals surface area contributed by atoms with Crippen LogP contribution in [0.2, 0.25) is 0 Å². The lowest BCUT2D eigenvalue weighted by molar-refractivity contribution is -0.131. The molecule has 2 fully saturated rings. The lowest BCUT2D eigenvalue weighted by Gasteiger charge is -2.26. The van der Waals surface area contributed by atoms with Gasteiger partial charge in [-0.25, -0.2) is 0 Å². The molecular weight excluding hydrogens is 540 g/mol. The molecule has 0 bridgehead atoms. The molecule has 0 unspecified atom stereocenters. The predicted octanol–water partition coefficient (Wildman–Crippen LogP) is 1.93. The van der Waals surface area contributed by atoms with Gasteiger partial charge in [-0.3, -0.25) is 38.6 Å². The van der Waals surface area contributed by atoms with E-state index in [1.807, 2.05) is 0 Å². The van der Waals surface area contributed by atoms with Crippen molar-refractivity contribution in [3.63, 3.8) is 0 Å². The Morgan fingerprint density at radius 1 is 0.619 bits per heavy atom. The Morgan fingerprint density at radius 2 is 0.976 bits per heavy atom. The fraction of sp³-hybridized carbons (Fsp3) is 0.323. The van der Waals surface area contributed by atoms with Crippen molar-refractivity contribution in [2.75, 3.05) is 26.2 Å². The Kier molecular flexibility index (Phi) is 8.10. The van der Waals surface area contributed by atoms with Gasteiger partial charge in [-0.15, -0.1) is 6.58 Å². The first-order valence-electron chi connectivity index (χ1n) is 13.8. The van der Waals surface area contributed by atoms with Crippen molar-refractivity contribution in [3.8, 4) is 0 Å². The molecule has 2 atom stereocenters. The van der Waals surface area contributed by atoms with Gasteiger partial charge >= 0.3 is 0 Å². The molecule has 0 N–H and O–H groups in total. The van der Waals surface area contributed by atoms with Crippen LogP contribution in [0.1, 0.15) is 67.1 Å². The number of hydrogen-bond acceptors (Lipinski definition) is 7. The molecule has 4 aliphatic heterocycles. The maximum atomic E-state index is 12.3. The van der Waals surface area contributed by atoms with Gasteiger partial charge in [0.1, 0.15) is 6.29 Å². The number of imide groups is 2. The van der Waals surface area contributed by atoms with Gasteiger partial charge in [-0.2, -0.15) is 0 Å². The van der Waals surface area contributed by atoms with Crippen LogP contribution in [0.25, 0.3) is 0 Å². The highest BCUT2D eigenvalue weighted by Gasteiger charge is 2.41. The third-order valence-electron chi connectivity index (χ3n) is 8.05. The summed E-state index contributed by atoms with van der Waals surface area (Å²) < 4.78 is 0. The summed E-state index contributed by atoms with van der Waals surface area (Å²) in [7, 11) is 0. The topological polar surface area (TPSA) is 132 Å². The molecule has 42 heavy (non-hydrogen) atoms. The van der Waals surface area contributed by atoms with E-state index < -0.39 is 0 Å². The molecule has 0 aliphatic carbocycles. The van der Waals surface area contributed by atoms with E-state index in [-0.39, 0.29) is 67.2 Å². The molecule has 216 valence electrons. The normalized spacial score (nSPS) is 21.1. The highest BCUT2D eigenvalue weighted by molar-refractivity contribution is 6.22. The van der Waals surface area contributed by atoms with E-state index in [0.717, 1.165) is 0 Å². The Hall–Kier alpha value is -4.93. The summed E-state index contributed by atoms with van der Waals surface area (Å²) in [5.74, 6) is -1.26. The van der Waals surface area contributed by atoms with Crippen LogP contribution < -0.4 is 0 Å². The second-order valence-electron chi connectivity index (χ2n) is 10.5. The predicted molar refractivity (Wildman–Crippen MR) is 149 cm³/mol. The largest absolute Gasteiger partial charge is 0.334 e. The second kappa shape index (κ2) is 11.9. The van der Waals surface area contributed by atoms with E-state index >= 15 is 0 Å². The van der Waals surface area contributed by atoms with Gasteiger partial charge in [-0.1, -0.05) is 30.3 Å². The first-order chi connectivity index (χ1) is 20.3. The summed E-state index contributed by atoms with van der Waals surface area (Å²) in [5, 5.41) is 0. The monoisotopic (exact) mass is 570 g/mol. The first-order valence-corrected chi connectivity index (χ1v) is 13.8. The molecule has 4 aliphatic rings. The fourth-order valence-corrected chi connectivity index (χ4v) is 5.92. The fourth-order valence-electron chi connectivity index (χ4n) is 5.92. The second-order valence-corrected chi connectivity index (χ2v) is 10.5. The SMILES string of the molecule is C=CCN1C(=O)CC[C@H]1CN1C(=O)c2ccccc2C1=O.O=CCN1C(=O)CC[C@H]1CN1C(=O)c2ccccc2C1=O. The highest BCUT2D eigenvalue weighted by Crippen LogP contribution is 2.27. The van der Waals surface area contributed by atoms with Crippen LogP contribution in [0.3, 0.4) is 0 Å². The van der Waals surface area contributed by atoms with Crippen LogP contribution in [-0.2, 0) is 14.4 Å². The summed E-state index contributed by atoms with van der Waals surface area (Å²) in [4.78, 5) is 88.9. The van der Waals surface area contributed by atoms with E-state index in [9.17, 15) is 33.6 Å². The van der Waals surface area contributed by atoms with Gasteiger partial charge in [0.2, 0.25) is 11.8 Å². The Bertz CT molecular complexity index is 1320. The van der Waals surface area contributed by atoms with Gasteiger partial charge in [-0.05, 0) is 37.1 Å². The van der Waals surface area contributed by atoms with E-state index in [0.29, 0.717) is 60.8 Å². The van der Waals surface area contributed by atoms with Gasteiger partial charge < -0.3 is 14.6 Å². The molecule has 11 heteroatoms. The summed E-state index contributed by atoms with van der Waals surface area (Å²) >= 11 is 0. The Morgan fingerprint density at radius 3 is 1.31 bits per heavy atom. The minimum Gasteiger partial charge on any atom is -0.334 e. The van der Waals surface area contributed by atoms with Crippen molar-refractivity contribution in [1.29, 1.82) is 0 Å². The number of carbonyl (C=O) groups excluding carboxylic acids is 7. The van der Waals surface area contributed by atoms with Crippen molar-refractivity contribution in [2.45, 2.75) is 37.8 Å². The van der Waals surface area contributed by atoms with E-state index in [2.05, 4.69) is 6.58 Å². The van der Waals surface area contributed by atoms with Crippen molar-refractivity contribution in [2.24, 2.45) is 0 Å². The summed E-state index contributed by atoms with van der Waals surface area (Å²) in [6.07, 6.45) is 4.36. The molecule has 2 aromatic carbocycles. The summed E-state index contributed by atoms with van der Waals surface area (Å²) in [5.41, 5.74) is 1.69. The van der Waals surface area contributed by atoms with Gasteiger partial charge in [0.05, 0.1) is 40.9 Å². The molecular formula is C31H30N4O7. The minimum absolute atomic E-state index is 0.00662. The lowest BCUT2D eigenvalue weighted by Crippen LogP contribution is -2.44. The Labute approximate surface area is 242 Å². The molecule has 0 aromatic heterocycles. The van der Waals surface area contributed by atoms with E-state index in [1.165, 1.54) is 14.7 Å². The van der Waals surface area contributed by atoms with E-state index in [1.54, 1.807) is 59.5 Å². The average Bonchev–Trinajstić information content (AvgIpc) is 3.67. The van der Waals surface area contributed by atoms with Gasteiger partial charge in [0.25, 0.3) is 23.6 Å². The van der Waals surface area contributed by atoms with Crippen LogP contribution in [0.15, 0.2) is 61.2 Å². The van der Waals surface area contributed by atoms with Crippen molar-refractivity contribution >= 4 is 41.7 Å². The number of nitrogens with zero attached hydrogens (tertiary/aromatic N) is 4. The maximum absolute atomic E-state index is 12.3. The molecule has 4 heterocycles. The van der Waals surface area contributed by atoms with Crippen LogP contribution >= 0.6 is 0 Å². The third kappa shape index (κ3) is 5.13. The van der Waals surface area contributed by atoms with Gasteiger partial charge in [0.15, 0.2) is 0 Å². The van der Waals surface area contributed by atoms with Crippen molar-refractivity contribution in [1.82, 2.24) is 19.6 Å². The number of amides is 6. The lowest BCUT2D eigenvalue weighted by atomic mass is 10.1. The van der Waals surface area contributed by atoms with E-state index in [4.69, 9.17) is 0 Å². The third-order valence-corrected chi connectivity index (χ3v) is 8.05. The molecule has 6 amide bonds. The first kappa shape index (κ1) is 28.6. The molecule has 0 radical (unpaired) electrons. The number of fused-ring (bicyclic) bond motifs is 2. The highest BCUT2D eigenvalue weighted by atomic mass is 16.2. The van der Waals surface area contributed by atoms with Crippen LogP contribution in [-0.4, -0.2) is 99.6 Å². The molecule has 0 saturated carbocycles. The number of rotatable bonds is 8. The van der Waals surface area contributed by atoms with Crippen molar-refractivity contribution in [3.05, 3.63) is 83.4 Å². The Balaban J connectivity index is 0.000000168. The number of aldehydes is 1. The minimum atomic E-state index is -0.332. The van der Waals surface area contributed by atoms with Crippen LogP contribution in [0.4, 0.5) is 0 Å². The summed E-state index contributed by atoms with van der Waals surface area (Å²) in [6.45, 7) is 4.50. The van der Waals surface area contributed by atoms with Crippen LogP contribution in [0.5, 0.6) is 0 Å². The van der Waals surface area contributed by atoms with Gasteiger partial charge in [0, 0.05) is 32.5 Å². The zero-order chi connectivity index (χ0) is 30.0. The molecule has 0 spiro atoms. The number of hydrogen-bond donors (Lipinski definition) is 0. The molecule has 6 rings (SSSR count). The maximum Gasteiger partial charge on any atom is 0.261 e. The standard InChI is InChI=1S/C16H16N2O3.C15H14N2O4/c1-2-9-17-11(7-8-14(17)19)10-18-15(20)12-5-3-4-6-13(12)16(18)21;18-8-7-16-10(5-6-13(16)19)9-17-14(20)11-3-1-2-4-12(11)15(17)21/h2-6,11H,1,7-10H2;1-4,8,10H,5-7,9H2/t11-;10-/m00/s1. The number of benzene rings is 2. The smallest absolute Gasteiger partial charge is 0.261 e. The quantitative estimate of drug-likeness (QED) is 0.269. The summed E-state index contributed by atoms with van der Waals surface area (Å²) in [6, 6.07) is 13.1.